The van der Waals surface area contributed by atoms with Crippen LogP contribution in [0, 0.1) is 0 Å². The third-order valence-corrected chi connectivity index (χ3v) is 5.38. The van der Waals surface area contributed by atoms with E-state index in [0.717, 1.165) is 25.7 Å². The third kappa shape index (κ3) is 5.60. The van der Waals surface area contributed by atoms with E-state index in [-0.39, 0.29) is 17.4 Å². The number of benzene rings is 1. The quantitative estimate of drug-likeness (QED) is 0.599. The molecule has 0 saturated heterocycles. The molecule has 0 radical (unpaired) electrons. The monoisotopic (exact) mass is 399 g/mol. The van der Waals surface area contributed by atoms with Gasteiger partial charge in [-0.3, -0.25) is 9.59 Å². The normalized spacial score (nSPS) is 16.4. The van der Waals surface area contributed by atoms with Gasteiger partial charge in [-0.2, -0.15) is 0 Å². The minimum absolute atomic E-state index is 0.0494. The lowest BCUT2D eigenvalue weighted by Crippen LogP contribution is -2.51. The summed E-state index contributed by atoms with van der Waals surface area (Å²) < 4.78 is 1.81. The van der Waals surface area contributed by atoms with Gasteiger partial charge in [0.2, 0.25) is 5.91 Å². The molecule has 1 aromatic carbocycles. The van der Waals surface area contributed by atoms with E-state index < -0.39 is 24.5 Å². The van der Waals surface area contributed by atoms with Gasteiger partial charge in [0.05, 0.1) is 12.2 Å². The summed E-state index contributed by atoms with van der Waals surface area (Å²) in [6.45, 7) is -0.512. The van der Waals surface area contributed by atoms with Crippen LogP contribution in [0.3, 0.4) is 0 Å². The first-order valence-corrected chi connectivity index (χ1v) is 10.3. The number of phenols is 1. The minimum Gasteiger partial charge on any atom is -0.507 e. The zero-order valence-electron chi connectivity index (χ0n) is 16.5. The first kappa shape index (κ1) is 20.9. The number of rotatable bonds is 6. The van der Waals surface area contributed by atoms with Crippen LogP contribution >= 0.6 is 0 Å². The van der Waals surface area contributed by atoms with Gasteiger partial charge in [0.15, 0.2) is 0 Å². The summed E-state index contributed by atoms with van der Waals surface area (Å²) in [7, 11) is 0. The summed E-state index contributed by atoms with van der Waals surface area (Å²) in [4.78, 5) is 25.3. The number of phenolic OH excluding ortho intramolecular Hbond substituents is 1. The van der Waals surface area contributed by atoms with Crippen molar-refractivity contribution in [2.75, 3.05) is 6.61 Å². The molecule has 1 atom stereocenters. The highest BCUT2D eigenvalue weighted by atomic mass is 16.3. The molecule has 0 aliphatic heterocycles. The molecule has 1 aliphatic carbocycles. The number of carbonyl (C=O) groups excluding carboxylic acids is 2. The third-order valence-electron chi connectivity index (χ3n) is 5.38. The maximum atomic E-state index is 12.7. The van der Waals surface area contributed by atoms with Crippen LogP contribution in [0.4, 0.5) is 0 Å². The van der Waals surface area contributed by atoms with Crippen molar-refractivity contribution in [2.24, 2.45) is 0 Å². The van der Waals surface area contributed by atoms with Crippen LogP contribution in [0.15, 0.2) is 42.7 Å². The Hall–Kier alpha value is -2.80. The summed E-state index contributed by atoms with van der Waals surface area (Å²) in [6.07, 6.45) is 11.2. The lowest BCUT2D eigenvalue weighted by molar-refractivity contribution is -0.124. The number of hydrogen-bond acceptors (Lipinski definition) is 4. The number of nitrogens with zero attached hydrogens (tertiary/aromatic N) is 1. The van der Waals surface area contributed by atoms with Crippen LogP contribution in [0.5, 0.6) is 5.75 Å². The average Bonchev–Trinajstić information content (AvgIpc) is 3.23. The Bertz CT molecular complexity index is 811. The molecule has 1 saturated carbocycles. The molecule has 2 aromatic rings. The zero-order valence-corrected chi connectivity index (χ0v) is 16.5. The maximum Gasteiger partial charge on any atom is 0.255 e. The van der Waals surface area contributed by atoms with Crippen molar-refractivity contribution in [3.8, 4) is 11.4 Å². The standard InChI is InChI=1S/C22H29N3O4/c26-15-19(22(29)23-16-8-4-2-1-3-5-9-16)24-21(28)18-14-17(10-11-20(18)27)25-12-6-7-13-25/h6-7,10-14,16,19,26-27H,1-5,8-9,15H2,(H,23,29)(H,24,28)/t19-/m0/s1. The summed E-state index contributed by atoms with van der Waals surface area (Å²) in [6, 6.07) is 7.39. The molecule has 3 rings (SSSR count). The van der Waals surface area contributed by atoms with Crippen molar-refractivity contribution in [1.29, 1.82) is 0 Å². The molecular formula is C22H29N3O4. The number of carbonyl (C=O) groups is 2. The fraction of sp³-hybridized carbons (Fsp3) is 0.455. The molecule has 0 unspecified atom stereocenters. The van der Waals surface area contributed by atoms with Gasteiger partial charge in [-0.25, -0.2) is 0 Å². The summed E-state index contributed by atoms with van der Waals surface area (Å²) >= 11 is 0. The van der Waals surface area contributed by atoms with Crippen molar-refractivity contribution >= 4 is 11.8 Å². The number of nitrogens with one attached hydrogen (secondary N) is 2. The molecule has 0 spiro atoms. The molecule has 2 amide bonds. The first-order chi connectivity index (χ1) is 14.1. The largest absolute Gasteiger partial charge is 0.507 e. The van der Waals surface area contributed by atoms with Gasteiger partial charge in [-0.05, 0) is 43.2 Å². The van der Waals surface area contributed by atoms with Gasteiger partial charge in [0.25, 0.3) is 5.91 Å². The molecule has 1 aromatic heterocycles. The van der Waals surface area contributed by atoms with Gasteiger partial charge in [0.1, 0.15) is 11.8 Å². The summed E-state index contributed by atoms with van der Waals surface area (Å²) in [5.74, 6) is -1.19. The van der Waals surface area contributed by atoms with Crippen LogP contribution in [0.1, 0.15) is 55.3 Å². The van der Waals surface area contributed by atoms with Gasteiger partial charge < -0.3 is 25.4 Å². The molecule has 7 heteroatoms. The van der Waals surface area contributed by atoms with Crippen molar-refractivity contribution in [1.82, 2.24) is 15.2 Å². The second-order valence-electron chi connectivity index (χ2n) is 7.55. The van der Waals surface area contributed by atoms with Gasteiger partial charge in [0, 0.05) is 24.1 Å². The topological polar surface area (TPSA) is 104 Å². The molecule has 1 fully saturated rings. The Morgan fingerprint density at radius 3 is 2.38 bits per heavy atom. The highest BCUT2D eigenvalue weighted by molar-refractivity contribution is 6.00. The van der Waals surface area contributed by atoms with Crippen molar-refractivity contribution in [2.45, 2.75) is 57.0 Å². The molecule has 1 aliphatic rings. The Morgan fingerprint density at radius 1 is 1.07 bits per heavy atom. The van der Waals surface area contributed by atoms with E-state index >= 15 is 0 Å². The number of hydrogen-bond donors (Lipinski definition) is 4. The molecule has 1 heterocycles. The Labute approximate surface area is 170 Å². The van der Waals surface area contributed by atoms with E-state index in [2.05, 4.69) is 10.6 Å². The first-order valence-electron chi connectivity index (χ1n) is 10.3. The van der Waals surface area contributed by atoms with Crippen LogP contribution in [-0.4, -0.2) is 45.3 Å². The number of aromatic hydroxyl groups is 1. The smallest absolute Gasteiger partial charge is 0.255 e. The fourth-order valence-corrected chi connectivity index (χ4v) is 3.71. The lowest BCUT2D eigenvalue weighted by Gasteiger charge is -2.24. The number of amides is 2. The van der Waals surface area contributed by atoms with Crippen LogP contribution in [-0.2, 0) is 4.79 Å². The molecule has 4 N–H and O–H groups in total. The Morgan fingerprint density at radius 2 is 1.72 bits per heavy atom. The predicted molar refractivity (Wildman–Crippen MR) is 110 cm³/mol. The van der Waals surface area contributed by atoms with Crippen molar-refractivity contribution in [3.05, 3.63) is 48.3 Å². The van der Waals surface area contributed by atoms with E-state index in [9.17, 15) is 19.8 Å². The number of aliphatic hydroxyl groups excluding tert-OH is 1. The van der Waals surface area contributed by atoms with E-state index in [0.29, 0.717) is 5.69 Å². The molecule has 29 heavy (non-hydrogen) atoms. The molecule has 0 bridgehead atoms. The minimum atomic E-state index is -1.07. The van der Waals surface area contributed by atoms with Gasteiger partial charge >= 0.3 is 0 Å². The van der Waals surface area contributed by atoms with Crippen molar-refractivity contribution in [3.63, 3.8) is 0 Å². The highest BCUT2D eigenvalue weighted by Crippen LogP contribution is 2.21. The van der Waals surface area contributed by atoms with Crippen LogP contribution in [0.2, 0.25) is 0 Å². The van der Waals surface area contributed by atoms with Gasteiger partial charge in [-0.15, -0.1) is 0 Å². The van der Waals surface area contributed by atoms with Crippen LogP contribution in [0.25, 0.3) is 5.69 Å². The van der Waals surface area contributed by atoms with E-state index in [1.54, 1.807) is 16.7 Å². The second kappa shape index (κ2) is 10.1. The highest BCUT2D eigenvalue weighted by Gasteiger charge is 2.24. The molecule has 156 valence electrons. The molecule has 7 nitrogen and oxygen atoms in total. The zero-order chi connectivity index (χ0) is 20.6. The van der Waals surface area contributed by atoms with Gasteiger partial charge in [-0.1, -0.05) is 32.1 Å². The fourth-order valence-electron chi connectivity index (χ4n) is 3.71. The SMILES string of the molecule is O=C(N[C@@H](CO)C(=O)NC1CCCCCCC1)c1cc(-n2cccc2)ccc1O. The summed E-state index contributed by atoms with van der Waals surface area (Å²) in [5.41, 5.74) is 0.755. The molecular weight excluding hydrogens is 370 g/mol. The second-order valence-corrected chi connectivity index (χ2v) is 7.55. The van der Waals surface area contributed by atoms with E-state index in [1.807, 2.05) is 24.5 Å². The Kier molecular flexibility index (Phi) is 7.30. The average molecular weight is 399 g/mol. The Balaban J connectivity index is 1.66. The number of aliphatic hydroxyl groups is 1. The maximum absolute atomic E-state index is 12.7. The summed E-state index contributed by atoms with van der Waals surface area (Å²) in [5, 5.41) is 25.3. The lowest BCUT2D eigenvalue weighted by atomic mass is 9.96. The number of aromatic nitrogens is 1. The van der Waals surface area contributed by atoms with E-state index in [4.69, 9.17) is 0 Å². The van der Waals surface area contributed by atoms with Crippen molar-refractivity contribution < 1.29 is 19.8 Å². The predicted octanol–water partition coefficient (Wildman–Crippen LogP) is 2.50. The van der Waals surface area contributed by atoms with Crippen LogP contribution < -0.4 is 10.6 Å². The van der Waals surface area contributed by atoms with E-state index in [1.165, 1.54) is 25.3 Å².